The smallest absolute Gasteiger partial charge is 0.206 e. The molecule has 4 rings (SSSR count). The first-order valence-electron chi connectivity index (χ1n) is 9.73. The highest BCUT2D eigenvalue weighted by Crippen LogP contribution is 2.30. The van der Waals surface area contributed by atoms with Gasteiger partial charge in [0.15, 0.2) is 0 Å². The summed E-state index contributed by atoms with van der Waals surface area (Å²) in [5.74, 6) is 0.878. The van der Waals surface area contributed by atoms with E-state index in [1.54, 1.807) is 31.4 Å². The lowest BCUT2D eigenvalue weighted by Gasteiger charge is -2.37. The van der Waals surface area contributed by atoms with E-state index in [2.05, 4.69) is 15.9 Å². The minimum absolute atomic E-state index is 0.241. The van der Waals surface area contributed by atoms with Crippen LogP contribution >= 0.6 is 11.6 Å². The van der Waals surface area contributed by atoms with Crippen LogP contribution in [0.4, 0.5) is 11.4 Å². The fraction of sp³-hybridized carbons (Fsp3) is 0.217. The normalized spacial score (nSPS) is 14.6. The van der Waals surface area contributed by atoms with Crippen LogP contribution < -0.4 is 14.5 Å². The second-order valence-corrected chi connectivity index (χ2v) is 9.48. The average Bonchev–Trinajstić information content (AvgIpc) is 2.79. The van der Waals surface area contributed by atoms with Gasteiger partial charge in [0.2, 0.25) is 9.84 Å². The highest BCUT2D eigenvalue weighted by molar-refractivity contribution is 7.91. The van der Waals surface area contributed by atoms with Gasteiger partial charge in [0.25, 0.3) is 0 Å². The number of halogens is 1. The van der Waals surface area contributed by atoms with Crippen molar-refractivity contribution in [3.63, 3.8) is 0 Å². The van der Waals surface area contributed by atoms with Crippen molar-refractivity contribution in [2.24, 2.45) is 0 Å². The summed E-state index contributed by atoms with van der Waals surface area (Å²) in [5.41, 5.74) is 2.12. The zero-order valence-corrected chi connectivity index (χ0v) is 18.2. The van der Waals surface area contributed by atoms with Gasteiger partial charge < -0.3 is 14.5 Å². The van der Waals surface area contributed by atoms with Crippen molar-refractivity contribution in [3.8, 4) is 5.75 Å². The van der Waals surface area contributed by atoms with E-state index < -0.39 is 9.84 Å². The zero-order valence-electron chi connectivity index (χ0n) is 16.7. The van der Waals surface area contributed by atoms with Crippen LogP contribution in [0, 0.1) is 0 Å². The molecule has 156 valence electrons. The Labute approximate surface area is 182 Å². The van der Waals surface area contributed by atoms with Crippen LogP contribution in [-0.4, -0.2) is 41.7 Å². The zero-order chi connectivity index (χ0) is 21.1. The number of para-hydroxylation sites is 2. The predicted molar refractivity (Wildman–Crippen MR) is 121 cm³/mol. The maximum Gasteiger partial charge on any atom is 0.206 e. The summed E-state index contributed by atoms with van der Waals surface area (Å²) in [6.45, 7) is 3.43. The highest BCUT2D eigenvalue weighted by Gasteiger charge is 2.21. The number of anilines is 2. The molecule has 0 aliphatic carbocycles. The molecule has 0 saturated carbocycles. The Bertz CT molecular complexity index is 1110. The Morgan fingerprint density at radius 3 is 1.90 bits per heavy atom. The molecule has 1 heterocycles. The molecule has 0 aromatic heterocycles. The molecule has 0 spiro atoms. The summed E-state index contributed by atoms with van der Waals surface area (Å²) in [6.07, 6.45) is 0. The van der Waals surface area contributed by atoms with Crippen molar-refractivity contribution in [1.82, 2.24) is 0 Å². The maximum absolute atomic E-state index is 12.8. The van der Waals surface area contributed by atoms with Gasteiger partial charge in [-0.2, -0.15) is 0 Å². The van der Waals surface area contributed by atoms with E-state index >= 15 is 0 Å². The molecule has 0 amide bonds. The van der Waals surface area contributed by atoms with Gasteiger partial charge in [-0.25, -0.2) is 8.42 Å². The fourth-order valence-corrected chi connectivity index (χ4v) is 5.07. The lowest BCUT2D eigenvalue weighted by atomic mass is 10.2. The molecule has 3 aromatic carbocycles. The number of ether oxygens (including phenoxy) is 1. The van der Waals surface area contributed by atoms with Crippen LogP contribution in [0.25, 0.3) is 0 Å². The number of rotatable bonds is 5. The lowest BCUT2D eigenvalue weighted by Crippen LogP contribution is -2.46. The SMILES string of the molecule is COc1ccccc1N1CCN(c2ccc(S(=O)(=O)c3ccc(Cl)cc3)cc2)CC1. The average molecular weight is 443 g/mol. The van der Waals surface area contributed by atoms with Crippen molar-refractivity contribution < 1.29 is 13.2 Å². The molecule has 5 nitrogen and oxygen atoms in total. The molecule has 3 aromatic rings. The Morgan fingerprint density at radius 1 is 0.767 bits per heavy atom. The molecule has 1 fully saturated rings. The van der Waals surface area contributed by atoms with E-state index in [4.69, 9.17) is 16.3 Å². The minimum atomic E-state index is -3.56. The second kappa shape index (κ2) is 8.58. The molecule has 0 N–H and O–H groups in total. The highest BCUT2D eigenvalue weighted by atomic mass is 35.5. The molecule has 0 atom stereocenters. The van der Waals surface area contributed by atoms with Gasteiger partial charge in [-0.3, -0.25) is 0 Å². The summed E-state index contributed by atoms with van der Waals surface area (Å²) >= 11 is 5.87. The monoisotopic (exact) mass is 442 g/mol. The minimum Gasteiger partial charge on any atom is -0.495 e. The fourth-order valence-electron chi connectivity index (χ4n) is 3.68. The van der Waals surface area contributed by atoms with E-state index in [-0.39, 0.29) is 9.79 Å². The third kappa shape index (κ3) is 4.11. The Balaban J connectivity index is 1.46. The van der Waals surface area contributed by atoms with Gasteiger partial charge in [0.1, 0.15) is 5.75 Å². The number of nitrogens with zero attached hydrogens (tertiary/aromatic N) is 2. The Morgan fingerprint density at radius 2 is 1.30 bits per heavy atom. The number of hydrogen-bond donors (Lipinski definition) is 0. The summed E-state index contributed by atoms with van der Waals surface area (Å²) in [4.78, 5) is 5.10. The van der Waals surface area contributed by atoms with Crippen molar-refractivity contribution in [1.29, 1.82) is 0 Å². The van der Waals surface area contributed by atoms with E-state index in [9.17, 15) is 8.42 Å². The molecular weight excluding hydrogens is 420 g/mol. The largest absolute Gasteiger partial charge is 0.495 e. The van der Waals surface area contributed by atoms with Crippen LogP contribution in [0.5, 0.6) is 5.75 Å². The van der Waals surface area contributed by atoms with E-state index in [0.29, 0.717) is 5.02 Å². The second-order valence-electron chi connectivity index (χ2n) is 7.10. The van der Waals surface area contributed by atoms with Crippen LogP contribution in [0.3, 0.4) is 0 Å². The molecule has 1 aliphatic rings. The number of sulfone groups is 1. The summed E-state index contributed by atoms with van der Waals surface area (Å²) < 4.78 is 31.1. The molecule has 7 heteroatoms. The number of methoxy groups -OCH3 is 1. The molecule has 0 unspecified atom stereocenters. The third-order valence-electron chi connectivity index (χ3n) is 5.34. The van der Waals surface area contributed by atoms with Gasteiger partial charge in [-0.15, -0.1) is 0 Å². The van der Waals surface area contributed by atoms with Crippen LogP contribution in [0.2, 0.25) is 5.02 Å². The molecular formula is C23H23ClN2O3S. The van der Waals surface area contributed by atoms with Gasteiger partial charge >= 0.3 is 0 Å². The Kier molecular flexibility index (Phi) is 5.88. The number of benzene rings is 3. The molecule has 1 saturated heterocycles. The summed E-state index contributed by atoms with van der Waals surface area (Å²) in [5, 5.41) is 0.511. The first kappa shape index (κ1) is 20.6. The summed E-state index contributed by atoms with van der Waals surface area (Å²) in [6, 6.07) is 21.4. The third-order valence-corrected chi connectivity index (χ3v) is 7.38. The van der Waals surface area contributed by atoms with Crippen LogP contribution in [0.1, 0.15) is 0 Å². The first-order valence-corrected chi connectivity index (χ1v) is 11.6. The van der Waals surface area contributed by atoms with Crippen molar-refractivity contribution in [2.75, 3.05) is 43.1 Å². The quantitative estimate of drug-likeness (QED) is 0.582. The van der Waals surface area contributed by atoms with E-state index in [1.165, 1.54) is 12.1 Å². The molecule has 0 bridgehead atoms. The van der Waals surface area contributed by atoms with Gasteiger partial charge in [0.05, 0.1) is 22.6 Å². The van der Waals surface area contributed by atoms with Crippen LogP contribution in [-0.2, 0) is 9.84 Å². The van der Waals surface area contributed by atoms with E-state index in [1.807, 2.05) is 30.3 Å². The first-order chi connectivity index (χ1) is 14.5. The predicted octanol–water partition coefficient (Wildman–Crippen LogP) is 4.51. The molecule has 0 radical (unpaired) electrons. The number of hydrogen-bond acceptors (Lipinski definition) is 5. The van der Waals surface area contributed by atoms with Crippen LogP contribution in [0.15, 0.2) is 82.6 Å². The molecule has 30 heavy (non-hydrogen) atoms. The van der Waals surface area contributed by atoms with Crippen molar-refractivity contribution in [2.45, 2.75) is 9.79 Å². The van der Waals surface area contributed by atoms with Gasteiger partial charge in [-0.1, -0.05) is 23.7 Å². The maximum atomic E-state index is 12.8. The molecule has 1 aliphatic heterocycles. The Hall–Kier alpha value is -2.70. The van der Waals surface area contributed by atoms with Gasteiger partial charge in [-0.05, 0) is 60.7 Å². The number of piperazine rings is 1. The summed E-state index contributed by atoms with van der Waals surface area (Å²) in [7, 11) is -1.87. The van der Waals surface area contributed by atoms with Crippen molar-refractivity contribution in [3.05, 3.63) is 77.8 Å². The topological polar surface area (TPSA) is 49.9 Å². The lowest BCUT2D eigenvalue weighted by molar-refractivity contribution is 0.413. The van der Waals surface area contributed by atoms with E-state index in [0.717, 1.165) is 43.3 Å². The van der Waals surface area contributed by atoms with Gasteiger partial charge in [0, 0.05) is 36.9 Å². The standard InChI is InChI=1S/C23H23ClN2O3S/c1-29-23-5-3-2-4-22(23)26-16-14-25(15-17-26)19-8-12-21(13-9-19)30(27,28)20-10-6-18(24)7-11-20/h2-13H,14-17H2,1H3. The van der Waals surface area contributed by atoms with Crippen molar-refractivity contribution >= 4 is 32.8 Å².